The standard InChI is InChI=1S/C21H26N2O5S/c1-14-11-15(5-6-16(14)22-7-9-27-10-8-22)12-17-19(25)23(20(26)29-17)13-18(24)28-21(2,3)4/h5-6,11-12H,7-10,13H2,1-4H3/b17-12-. The van der Waals surface area contributed by atoms with Crippen molar-refractivity contribution in [1.29, 1.82) is 0 Å². The lowest BCUT2D eigenvalue weighted by Crippen LogP contribution is -2.37. The number of hydrogen-bond donors (Lipinski definition) is 0. The summed E-state index contributed by atoms with van der Waals surface area (Å²) in [6, 6.07) is 5.95. The van der Waals surface area contributed by atoms with Gasteiger partial charge < -0.3 is 14.4 Å². The molecular weight excluding hydrogens is 392 g/mol. The quantitative estimate of drug-likeness (QED) is 0.549. The van der Waals surface area contributed by atoms with Gasteiger partial charge in [0, 0.05) is 18.8 Å². The molecule has 0 aromatic heterocycles. The van der Waals surface area contributed by atoms with Crippen LogP contribution in [0.15, 0.2) is 23.1 Å². The summed E-state index contributed by atoms with van der Waals surface area (Å²) in [5.74, 6) is -1.08. The third-order valence-electron chi connectivity index (χ3n) is 4.45. The molecule has 29 heavy (non-hydrogen) atoms. The fourth-order valence-corrected chi connectivity index (χ4v) is 4.06. The van der Waals surface area contributed by atoms with E-state index in [1.807, 2.05) is 25.1 Å². The molecular formula is C21H26N2O5S. The number of imide groups is 1. The van der Waals surface area contributed by atoms with Gasteiger partial charge in [0.15, 0.2) is 0 Å². The number of thioether (sulfide) groups is 1. The second-order valence-electron chi connectivity index (χ2n) is 8.00. The third kappa shape index (κ3) is 5.39. The largest absolute Gasteiger partial charge is 0.459 e. The molecule has 2 aliphatic rings. The summed E-state index contributed by atoms with van der Waals surface area (Å²) < 4.78 is 10.6. The summed E-state index contributed by atoms with van der Waals surface area (Å²) in [5, 5.41) is -0.464. The lowest BCUT2D eigenvalue weighted by molar-refractivity contribution is -0.156. The Morgan fingerprint density at radius 1 is 1.24 bits per heavy atom. The normalized spacial score (nSPS) is 19.2. The SMILES string of the molecule is Cc1cc(/C=C2\SC(=O)N(CC(=O)OC(C)(C)C)C2=O)ccc1N1CCOCC1. The third-order valence-corrected chi connectivity index (χ3v) is 5.36. The molecule has 7 nitrogen and oxygen atoms in total. The molecule has 0 saturated carbocycles. The van der Waals surface area contributed by atoms with Gasteiger partial charge in [-0.2, -0.15) is 0 Å². The van der Waals surface area contributed by atoms with Gasteiger partial charge in [-0.25, -0.2) is 0 Å². The Hall–Kier alpha value is -2.32. The Morgan fingerprint density at radius 2 is 1.93 bits per heavy atom. The van der Waals surface area contributed by atoms with E-state index >= 15 is 0 Å². The summed E-state index contributed by atoms with van der Waals surface area (Å²) in [5.41, 5.74) is 2.40. The minimum atomic E-state index is -0.672. The zero-order chi connectivity index (χ0) is 21.2. The van der Waals surface area contributed by atoms with Crippen molar-refractivity contribution < 1.29 is 23.9 Å². The van der Waals surface area contributed by atoms with Crippen LogP contribution in [0.5, 0.6) is 0 Å². The van der Waals surface area contributed by atoms with Gasteiger partial charge in [-0.05, 0) is 68.8 Å². The number of amides is 2. The maximum absolute atomic E-state index is 12.6. The van der Waals surface area contributed by atoms with Crippen molar-refractivity contribution in [3.05, 3.63) is 34.2 Å². The minimum Gasteiger partial charge on any atom is -0.459 e. The predicted molar refractivity (Wildman–Crippen MR) is 113 cm³/mol. The monoisotopic (exact) mass is 418 g/mol. The summed E-state index contributed by atoms with van der Waals surface area (Å²) in [4.78, 5) is 40.3. The number of ether oxygens (including phenoxy) is 2. The fourth-order valence-electron chi connectivity index (χ4n) is 3.22. The smallest absolute Gasteiger partial charge is 0.326 e. The maximum Gasteiger partial charge on any atom is 0.326 e. The fraction of sp³-hybridized carbons (Fsp3) is 0.476. The molecule has 1 aromatic rings. The molecule has 0 radical (unpaired) electrons. The van der Waals surface area contributed by atoms with Crippen molar-refractivity contribution >= 4 is 40.6 Å². The second kappa shape index (κ2) is 8.59. The average molecular weight is 419 g/mol. The van der Waals surface area contributed by atoms with Crippen LogP contribution in [0.25, 0.3) is 6.08 Å². The number of benzene rings is 1. The first kappa shape index (κ1) is 21.4. The first-order valence-corrected chi connectivity index (χ1v) is 10.4. The summed E-state index contributed by atoms with van der Waals surface area (Å²) in [7, 11) is 0. The predicted octanol–water partition coefficient (Wildman–Crippen LogP) is 3.21. The highest BCUT2D eigenvalue weighted by Gasteiger charge is 2.37. The number of nitrogens with zero attached hydrogens (tertiary/aromatic N) is 2. The molecule has 0 bridgehead atoms. The van der Waals surface area contributed by atoms with Crippen molar-refractivity contribution in [2.75, 3.05) is 37.7 Å². The Bertz CT molecular complexity index is 853. The van der Waals surface area contributed by atoms with E-state index in [1.165, 1.54) is 0 Å². The second-order valence-corrected chi connectivity index (χ2v) is 8.99. The highest BCUT2D eigenvalue weighted by Crippen LogP contribution is 2.33. The van der Waals surface area contributed by atoms with Crippen LogP contribution in [0.4, 0.5) is 10.5 Å². The number of anilines is 1. The van der Waals surface area contributed by atoms with E-state index in [2.05, 4.69) is 4.90 Å². The first-order chi connectivity index (χ1) is 13.6. The number of carbonyl (C=O) groups excluding carboxylic acids is 3. The van der Waals surface area contributed by atoms with Crippen LogP contribution in [-0.4, -0.2) is 60.5 Å². The zero-order valence-electron chi connectivity index (χ0n) is 17.2. The number of hydrogen-bond acceptors (Lipinski definition) is 7. The van der Waals surface area contributed by atoms with E-state index in [-0.39, 0.29) is 6.54 Å². The van der Waals surface area contributed by atoms with Crippen molar-refractivity contribution in [1.82, 2.24) is 4.90 Å². The van der Waals surface area contributed by atoms with Gasteiger partial charge in [-0.1, -0.05) is 6.07 Å². The lowest BCUT2D eigenvalue weighted by Gasteiger charge is -2.30. The van der Waals surface area contributed by atoms with Crippen molar-refractivity contribution in [3.63, 3.8) is 0 Å². The van der Waals surface area contributed by atoms with Gasteiger partial charge in [0.1, 0.15) is 12.1 Å². The maximum atomic E-state index is 12.6. The van der Waals surface area contributed by atoms with Crippen LogP contribution in [0.1, 0.15) is 31.9 Å². The number of morpholine rings is 1. The van der Waals surface area contributed by atoms with E-state index in [0.717, 1.165) is 46.6 Å². The Balaban J connectivity index is 1.72. The molecule has 2 aliphatic heterocycles. The van der Waals surface area contributed by atoms with Gasteiger partial charge in [0.25, 0.3) is 11.1 Å². The van der Waals surface area contributed by atoms with Crippen LogP contribution in [0, 0.1) is 6.92 Å². The summed E-state index contributed by atoms with van der Waals surface area (Å²) in [6.07, 6.45) is 1.69. The first-order valence-electron chi connectivity index (χ1n) is 9.54. The van der Waals surface area contributed by atoms with E-state index in [1.54, 1.807) is 26.8 Å². The summed E-state index contributed by atoms with van der Waals surface area (Å²) >= 11 is 0.839. The van der Waals surface area contributed by atoms with E-state index < -0.39 is 22.7 Å². The lowest BCUT2D eigenvalue weighted by atomic mass is 10.1. The van der Waals surface area contributed by atoms with Crippen molar-refractivity contribution in [2.24, 2.45) is 0 Å². The summed E-state index contributed by atoms with van der Waals surface area (Å²) in [6.45, 7) is 9.99. The molecule has 0 N–H and O–H groups in total. The number of rotatable bonds is 4. The Labute approximate surface area is 175 Å². The van der Waals surface area contributed by atoms with Crippen molar-refractivity contribution in [3.8, 4) is 0 Å². The number of carbonyl (C=O) groups is 3. The molecule has 0 spiro atoms. The molecule has 0 atom stereocenters. The zero-order valence-corrected chi connectivity index (χ0v) is 18.0. The molecule has 2 saturated heterocycles. The van der Waals surface area contributed by atoms with Gasteiger partial charge >= 0.3 is 5.97 Å². The molecule has 1 aromatic carbocycles. The molecule has 8 heteroatoms. The van der Waals surface area contributed by atoms with Crippen molar-refractivity contribution in [2.45, 2.75) is 33.3 Å². The Morgan fingerprint density at radius 3 is 2.55 bits per heavy atom. The molecule has 2 heterocycles. The number of aryl methyl sites for hydroxylation is 1. The average Bonchev–Trinajstić information content (AvgIpc) is 2.88. The van der Waals surface area contributed by atoms with Gasteiger partial charge in [0.05, 0.1) is 18.1 Å². The van der Waals surface area contributed by atoms with Crippen LogP contribution in [-0.2, 0) is 19.1 Å². The van der Waals surface area contributed by atoms with Gasteiger partial charge in [-0.15, -0.1) is 0 Å². The van der Waals surface area contributed by atoms with Crippen LogP contribution < -0.4 is 4.90 Å². The van der Waals surface area contributed by atoms with Crippen LogP contribution in [0.3, 0.4) is 0 Å². The van der Waals surface area contributed by atoms with E-state index in [0.29, 0.717) is 18.1 Å². The highest BCUT2D eigenvalue weighted by molar-refractivity contribution is 8.18. The van der Waals surface area contributed by atoms with Gasteiger partial charge in [0.2, 0.25) is 0 Å². The Kier molecular flexibility index (Phi) is 6.33. The molecule has 0 unspecified atom stereocenters. The molecule has 156 valence electrons. The minimum absolute atomic E-state index is 0.303. The van der Waals surface area contributed by atoms with Crippen LogP contribution >= 0.6 is 11.8 Å². The topological polar surface area (TPSA) is 76.2 Å². The number of esters is 1. The molecule has 2 fully saturated rings. The highest BCUT2D eigenvalue weighted by atomic mass is 32.2. The van der Waals surface area contributed by atoms with Crippen LogP contribution in [0.2, 0.25) is 0 Å². The molecule has 3 rings (SSSR count). The van der Waals surface area contributed by atoms with E-state index in [4.69, 9.17) is 9.47 Å². The van der Waals surface area contributed by atoms with Gasteiger partial charge in [-0.3, -0.25) is 19.3 Å². The molecule has 2 amide bonds. The molecule has 0 aliphatic carbocycles. The van der Waals surface area contributed by atoms with E-state index in [9.17, 15) is 14.4 Å².